The second-order valence-electron chi connectivity index (χ2n) is 5.18. The second-order valence-corrected chi connectivity index (χ2v) is 6.13. The molecule has 2 aromatic heterocycles. The predicted molar refractivity (Wildman–Crippen MR) is 95.1 cm³/mol. The lowest BCUT2D eigenvalue weighted by Crippen LogP contribution is -2.09. The van der Waals surface area contributed by atoms with E-state index in [1.165, 1.54) is 37.9 Å². The van der Waals surface area contributed by atoms with Crippen LogP contribution in [-0.4, -0.2) is 30.1 Å². The number of thiophene rings is 1. The fourth-order valence-corrected chi connectivity index (χ4v) is 2.94. The Labute approximate surface area is 157 Å². The van der Waals surface area contributed by atoms with Crippen molar-refractivity contribution < 1.29 is 28.3 Å². The molecule has 0 N–H and O–H groups in total. The number of hydrogen-bond acceptors (Lipinski definition) is 9. The fraction of sp³-hybridized carbons (Fsp3) is 0.176. The van der Waals surface area contributed by atoms with Crippen LogP contribution in [0.3, 0.4) is 0 Å². The summed E-state index contributed by atoms with van der Waals surface area (Å²) in [6.45, 7) is -0.195. The molecule has 0 aliphatic rings. The third-order valence-corrected chi connectivity index (χ3v) is 4.41. The highest BCUT2D eigenvalue weighted by molar-refractivity contribution is 7.13. The van der Waals surface area contributed by atoms with Crippen molar-refractivity contribution in [2.75, 3.05) is 14.2 Å². The lowest BCUT2D eigenvalue weighted by Gasteiger charge is -2.10. The number of nitro groups is 1. The second kappa shape index (κ2) is 7.87. The van der Waals surface area contributed by atoms with Gasteiger partial charge in [0.15, 0.2) is 11.5 Å². The van der Waals surface area contributed by atoms with Gasteiger partial charge in [-0.05, 0) is 11.4 Å². The molecular formula is C17H14N2O7S. The summed E-state index contributed by atoms with van der Waals surface area (Å²) >= 11 is 1.46. The van der Waals surface area contributed by atoms with Crippen molar-refractivity contribution in [3.63, 3.8) is 0 Å². The molecule has 0 aliphatic heterocycles. The molecule has 0 radical (unpaired) electrons. The summed E-state index contributed by atoms with van der Waals surface area (Å²) in [6.07, 6.45) is 1.37. The van der Waals surface area contributed by atoms with Crippen LogP contribution in [0.5, 0.6) is 11.5 Å². The molecule has 2 heterocycles. The minimum absolute atomic E-state index is 0.137. The van der Waals surface area contributed by atoms with E-state index >= 15 is 0 Å². The van der Waals surface area contributed by atoms with Gasteiger partial charge in [0.25, 0.3) is 5.69 Å². The lowest BCUT2D eigenvalue weighted by atomic mass is 10.1. The van der Waals surface area contributed by atoms with Gasteiger partial charge in [0.05, 0.1) is 30.1 Å². The first kappa shape index (κ1) is 18.4. The molecule has 140 valence electrons. The Kier molecular flexibility index (Phi) is 5.36. The van der Waals surface area contributed by atoms with Gasteiger partial charge in [-0.3, -0.25) is 10.1 Å². The minimum Gasteiger partial charge on any atom is -0.493 e. The van der Waals surface area contributed by atoms with E-state index in [0.717, 1.165) is 10.9 Å². The molecule has 0 unspecified atom stereocenters. The van der Waals surface area contributed by atoms with E-state index in [2.05, 4.69) is 4.98 Å². The Bertz CT molecular complexity index is 966. The monoisotopic (exact) mass is 390 g/mol. The standard InChI is InChI=1S/C17H14N2O7S/c1-23-13-6-11(12(19(21)22)7-14(13)24-2)17(20)26-9-10-8-25-16(18-10)15-4-3-5-27-15/h3-8H,9H2,1-2H3. The highest BCUT2D eigenvalue weighted by Gasteiger charge is 2.26. The molecular weight excluding hydrogens is 376 g/mol. The number of oxazole rings is 1. The predicted octanol–water partition coefficient (Wildman–Crippen LogP) is 3.69. The molecule has 9 nitrogen and oxygen atoms in total. The molecule has 0 atom stereocenters. The van der Waals surface area contributed by atoms with Crippen molar-refractivity contribution >= 4 is 23.0 Å². The quantitative estimate of drug-likeness (QED) is 0.341. The molecule has 3 aromatic rings. The Morgan fingerprint density at radius 3 is 2.67 bits per heavy atom. The number of ether oxygens (including phenoxy) is 3. The van der Waals surface area contributed by atoms with Crippen molar-refractivity contribution in [2.45, 2.75) is 6.61 Å². The first-order valence-electron chi connectivity index (χ1n) is 7.59. The summed E-state index contributed by atoms with van der Waals surface area (Å²) in [5, 5.41) is 13.2. The zero-order valence-corrected chi connectivity index (χ0v) is 15.1. The number of nitro benzene ring substituents is 1. The third-order valence-electron chi connectivity index (χ3n) is 3.55. The van der Waals surface area contributed by atoms with Crippen molar-refractivity contribution in [2.24, 2.45) is 0 Å². The molecule has 27 heavy (non-hydrogen) atoms. The number of esters is 1. The topological polar surface area (TPSA) is 114 Å². The van der Waals surface area contributed by atoms with Crippen LogP contribution in [0.2, 0.25) is 0 Å². The number of carbonyl (C=O) groups excluding carboxylic acids is 1. The van der Waals surface area contributed by atoms with E-state index in [-0.39, 0.29) is 23.7 Å². The van der Waals surface area contributed by atoms with Crippen LogP contribution in [0, 0.1) is 10.1 Å². The van der Waals surface area contributed by atoms with Gasteiger partial charge < -0.3 is 18.6 Å². The van der Waals surface area contributed by atoms with Crippen LogP contribution < -0.4 is 9.47 Å². The minimum atomic E-state index is -0.886. The fourth-order valence-electron chi connectivity index (χ4n) is 2.29. The SMILES string of the molecule is COc1cc(C(=O)OCc2coc(-c3cccs3)n2)c([N+](=O)[O-])cc1OC. The Hall–Kier alpha value is -3.40. The summed E-state index contributed by atoms with van der Waals surface area (Å²) in [4.78, 5) is 28.0. The number of methoxy groups -OCH3 is 2. The molecule has 0 bridgehead atoms. The lowest BCUT2D eigenvalue weighted by molar-refractivity contribution is -0.385. The molecule has 10 heteroatoms. The van der Waals surface area contributed by atoms with E-state index in [1.807, 2.05) is 17.5 Å². The van der Waals surface area contributed by atoms with E-state index in [9.17, 15) is 14.9 Å². The van der Waals surface area contributed by atoms with Gasteiger partial charge in [0.1, 0.15) is 24.1 Å². The molecule has 0 saturated heterocycles. The van der Waals surface area contributed by atoms with E-state index in [1.54, 1.807) is 0 Å². The van der Waals surface area contributed by atoms with Crippen LogP contribution in [0.4, 0.5) is 5.69 Å². The number of rotatable bonds is 7. The van der Waals surface area contributed by atoms with Gasteiger partial charge in [0, 0.05) is 6.07 Å². The van der Waals surface area contributed by atoms with Gasteiger partial charge >= 0.3 is 5.97 Å². The average molecular weight is 390 g/mol. The molecule has 0 fully saturated rings. The number of hydrogen-bond donors (Lipinski definition) is 0. The van der Waals surface area contributed by atoms with Gasteiger partial charge in [0.2, 0.25) is 5.89 Å². The maximum atomic E-state index is 12.4. The Morgan fingerprint density at radius 1 is 1.30 bits per heavy atom. The zero-order valence-electron chi connectivity index (χ0n) is 14.3. The van der Waals surface area contributed by atoms with Crippen molar-refractivity contribution in [1.82, 2.24) is 4.98 Å². The first-order chi connectivity index (χ1) is 13.0. The van der Waals surface area contributed by atoms with Gasteiger partial charge in [-0.15, -0.1) is 11.3 Å². The van der Waals surface area contributed by atoms with Crippen molar-refractivity contribution in [1.29, 1.82) is 0 Å². The largest absolute Gasteiger partial charge is 0.493 e. The highest BCUT2D eigenvalue weighted by atomic mass is 32.1. The summed E-state index contributed by atoms with van der Waals surface area (Å²) in [7, 11) is 2.70. The summed E-state index contributed by atoms with van der Waals surface area (Å²) < 4.78 is 20.6. The van der Waals surface area contributed by atoms with Crippen LogP contribution in [0.25, 0.3) is 10.8 Å². The molecule has 0 saturated carbocycles. The Morgan fingerprint density at radius 2 is 2.04 bits per heavy atom. The molecule has 0 spiro atoms. The summed E-state index contributed by atoms with van der Waals surface area (Å²) in [6, 6.07) is 6.03. The van der Waals surface area contributed by atoms with E-state index in [0.29, 0.717) is 11.6 Å². The van der Waals surface area contributed by atoms with Crippen LogP contribution >= 0.6 is 11.3 Å². The number of benzene rings is 1. The number of nitrogens with zero attached hydrogens (tertiary/aromatic N) is 2. The van der Waals surface area contributed by atoms with Gasteiger partial charge in [-0.2, -0.15) is 0 Å². The van der Waals surface area contributed by atoms with Crippen LogP contribution in [-0.2, 0) is 11.3 Å². The molecule has 0 amide bonds. The van der Waals surface area contributed by atoms with Crippen molar-refractivity contribution in [3.05, 3.63) is 57.3 Å². The Balaban J connectivity index is 1.78. The maximum absolute atomic E-state index is 12.4. The van der Waals surface area contributed by atoms with Gasteiger partial charge in [-0.25, -0.2) is 9.78 Å². The van der Waals surface area contributed by atoms with Crippen LogP contribution in [0.1, 0.15) is 16.1 Å². The average Bonchev–Trinajstić information content (AvgIpc) is 3.36. The molecule has 0 aliphatic carbocycles. The van der Waals surface area contributed by atoms with E-state index < -0.39 is 16.6 Å². The normalized spacial score (nSPS) is 10.4. The molecule has 3 rings (SSSR count). The third kappa shape index (κ3) is 3.90. The molecule has 1 aromatic carbocycles. The number of carbonyl (C=O) groups is 1. The highest BCUT2D eigenvalue weighted by Crippen LogP contribution is 2.35. The summed E-state index contributed by atoms with van der Waals surface area (Å²) in [5.74, 6) is -0.161. The van der Waals surface area contributed by atoms with E-state index in [4.69, 9.17) is 18.6 Å². The number of aromatic nitrogens is 1. The maximum Gasteiger partial charge on any atom is 0.345 e. The zero-order chi connectivity index (χ0) is 19.4. The first-order valence-corrected chi connectivity index (χ1v) is 8.47. The van der Waals surface area contributed by atoms with Crippen LogP contribution in [0.15, 0.2) is 40.3 Å². The van der Waals surface area contributed by atoms with Crippen molar-refractivity contribution in [3.8, 4) is 22.3 Å². The smallest absolute Gasteiger partial charge is 0.345 e. The summed E-state index contributed by atoms with van der Waals surface area (Å²) in [5.41, 5.74) is -0.313. The van der Waals surface area contributed by atoms with Gasteiger partial charge in [-0.1, -0.05) is 6.07 Å².